The normalized spacial score (nSPS) is 14.9. The fourth-order valence-corrected chi connectivity index (χ4v) is 4.19. The number of anilines is 3. The molecule has 1 aliphatic rings. The molecule has 0 unspecified atom stereocenters. The van der Waals surface area contributed by atoms with Gasteiger partial charge in [0.15, 0.2) is 17.4 Å². The van der Waals surface area contributed by atoms with Gasteiger partial charge in [0, 0.05) is 24.3 Å². The molecule has 0 amide bonds. The maximum Gasteiger partial charge on any atom is 0.274 e. The van der Waals surface area contributed by atoms with Gasteiger partial charge in [0.25, 0.3) is 10.2 Å². The molecule has 10 nitrogen and oxygen atoms in total. The minimum atomic E-state index is -3.83. The van der Waals surface area contributed by atoms with Gasteiger partial charge in [0.05, 0.1) is 18.4 Å². The van der Waals surface area contributed by atoms with Crippen LogP contribution in [0.25, 0.3) is 11.3 Å². The largest absolute Gasteiger partial charge is 0.481 e. The Balaban J connectivity index is 1.62. The van der Waals surface area contributed by atoms with Crippen molar-refractivity contribution in [3.8, 4) is 17.0 Å². The van der Waals surface area contributed by atoms with Crippen molar-refractivity contribution in [1.82, 2.24) is 19.7 Å². The predicted molar refractivity (Wildman–Crippen MR) is 132 cm³/mol. The molecule has 0 bridgehead atoms. The summed E-state index contributed by atoms with van der Waals surface area (Å²) in [6.45, 7) is 8.27. The lowest BCUT2D eigenvalue weighted by Gasteiger charge is -2.43. The molecule has 0 saturated carbocycles. The average Bonchev–Trinajstić information content (AvgIpc) is 2.79. The van der Waals surface area contributed by atoms with E-state index in [2.05, 4.69) is 25.0 Å². The van der Waals surface area contributed by atoms with E-state index >= 15 is 4.39 Å². The second-order valence-corrected chi connectivity index (χ2v) is 10.7. The van der Waals surface area contributed by atoms with E-state index in [1.54, 1.807) is 18.2 Å². The molecule has 4 rings (SSSR count). The van der Waals surface area contributed by atoms with E-state index in [0.717, 1.165) is 6.20 Å². The van der Waals surface area contributed by atoms with Crippen molar-refractivity contribution in [2.24, 2.45) is 5.14 Å². The van der Waals surface area contributed by atoms with Crippen LogP contribution in [0.15, 0.2) is 36.7 Å². The van der Waals surface area contributed by atoms with E-state index in [9.17, 15) is 12.8 Å². The Bertz CT molecular complexity index is 1380. The maximum absolute atomic E-state index is 15.2. The molecule has 0 aliphatic carbocycles. The van der Waals surface area contributed by atoms with Crippen LogP contribution in [0.2, 0.25) is 0 Å². The monoisotopic (exact) mass is 519 g/mol. The highest BCUT2D eigenvalue weighted by atomic mass is 32.2. The first-order chi connectivity index (χ1) is 16.8. The van der Waals surface area contributed by atoms with Gasteiger partial charge < -0.3 is 15.0 Å². The van der Waals surface area contributed by atoms with Gasteiger partial charge in [-0.1, -0.05) is 6.07 Å². The lowest BCUT2D eigenvalue weighted by molar-refractivity contribution is 0.0967. The van der Waals surface area contributed by atoms with Crippen LogP contribution in [0.3, 0.4) is 0 Å². The Morgan fingerprint density at radius 1 is 1.17 bits per heavy atom. The smallest absolute Gasteiger partial charge is 0.274 e. The third kappa shape index (κ3) is 5.86. The van der Waals surface area contributed by atoms with E-state index in [-0.39, 0.29) is 35.5 Å². The molecular formula is C23H27F2N7O3S. The number of halogens is 2. The number of nitrogens with two attached hydrogens (primary N) is 1. The van der Waals surface area contributed by atoms with E-state index in [1.165, 1.54) is 12.3 Å². The van der Waals surface area contributed by atoms with E-state index in [4.69, 9.17) is 9.88 Å². The molecule has 0 radical (unpaired) electrons. The van der Waals surface area contributed by atoms with Gasteiger partial charge in [-0.15, -0.1) is 0 Å². The molecule has 3 heterocycles. The summed E-state index contributed by atoms with van der Waals surface area (Å²) in [6, 6.07) is 6.11. The van der Waals surface area contributed by atoms with Crippen molar-refractivity contribution in [3.05, 3.63) is 53.9 Å². The molecule has 0 atom stereocenters. The molecule has 4 N–H and O–H groups in total. The van der Waals surface area contributed by atoms with Gasteiger partial charge in [-0.25, -0.2) is 28.9 Å². The summed E-state index contributed by atoms with van der Waals surface area (Å²) in [7, 11) is -3.83. The van der Waals surface area contributed by atoms with Gasteiger partial charge in [0.1, 0.15) is 17.1 Å². The third-order valence-corrected chi connectivity index (χ3v) is 5.99. The van der Waals surface area contributed by atoms with Crippen LogP contribution in [0, 0.1) is 11.6 Å². The number of hydrogen-bond acceptors (Lipinski definition) is 8. The summed E-state index contributed by atoms with van der Waals surface area (Å²) in [5.74, 6) is -0.822. The molecule has 192 valence electrons. The summed E-state index contributed by atoms with van der Waals surface area (Å²) in [5, 5.41) is 7.78. The summed E-state index contributed by atoms with van der Waals surface area (Å²) in [4.78, 5) is 14.4. The molecule has 36 heavy (non-hydrogen) atoms. The van der Waals surface area contributed by atoms with Crippen molar-refractivity contribution >= 4 is 27.7 Å². The van der Waals surface area contributed by atoms with Gasteiger partial charge in [0.2, 0.25) is 5.95 Å². The molecule has 13 heteroatoms. The minimum absolute atomic E-state index is 0.0263. The fourth-order valence-electron chi connectivity index (χ4n) is 3.83. The highest BCUT2D eigenvalue weighted by Gasteiger charge is 2.35. The van der Waals surface area contributed by atoms with Crippen LogP contribution in [-0.4, -0.2) is 41.6 Å². The van der Waals surface area contributed by atoms with Crippen LogP contribution in [-0.2, 0) is 16.8 Å². The zero-order valence-electron chi connectivity index (χ0n) is 20.2. The number of ether oxygens (including phenoxy) is 1. The molecule has 3 aromatic rings. The Hall–Kier alpha value is -3.42. The summed E-state index contributed by atoms with van der Waals surface area (Å²) >= 11 is 0. The quantitative estimate of drug-likeness (QED) is 0.433. The summed E-state index contributed by atoms with van der Waals surface area (Å²) in [6.07, 6.45) is 2.43. The Kier molecular flexibility index (Phi) is 6.82. The number of rotatable bonds is 7. The van der Waals surface area contributed by atoms with Crippen LogP contribution >= 0.6 is 0 Å². The van der Waals surface area contributed by atoms with Crippen molar-refractivity contribution in [2.45, 2.75) is 45.9 Å². The number of pyridine rings is 1. The topological polar surface area (TPSA) is 135 Å². The lowest BCUT2D eigenvalue weighted by atomic mass is 10.0. The second-order valence-electron chi connectivity index (χ2n) is 9.32. The van der Waals surface area contributed by atoms with E-state index < -0.39 is 27.4 Å². The molecule has 2 aromatic heterocycles. The zero-order chi connectivity index (χ0) is 26.3. The first-order valence-electron chi connectivity index (χ1n) is 11.1. The number of hydrogen-bond donors (Lipinski definition) is 3. The second kappa shape index (κ2) is 9.56. The first kappa shape index (κ1) is 25.7. The van der Waals surface area contributed by atoms with Gasteiger partial charge in [-0.3, -0.25) is 0 Å². The molecule has 0 saturated heterocycles. The highest BCUT2D eigenvalue weighted by molar-refractivity contribution is 7.87. The number of nitrogens with one attached hydrogen (secondary N) is 2. The third-order valence-electron chi connectivity index (χ3n) is 5.45. The van der Waals surface area contributed by atoms with E-state index in [1.807, 2.05) is 32.6 Å². The van der Waals surface area contributed by atoms with Crippen molar-refractivity contribution in [1.29, 1.82) is 0 Å². The number of fused-ring (bicyclic) bond motifs is 1. The Morgan fingerprint density at radius 3 is 2.56 bits per heavy atom. The maximum atomic E-state index is 15.2. The highest BCUT2D eigenvalue weighted by Crippen LogP contribution is 2.42. The zero-order valence-corrected chi connectivity index (χ0v) is 21.0. The lowest BCUT2D eigenvalue weighted by Crippen LogP contribution is -2.49. The standard InChI is InChI=1S/C23H27F2N7O3S/c1-13(2)32-12-23(3,4)35-21-16(24)7-15(8-18(21)32)20-17(25)11-28-22(31-20)30-19-6-5-14(9-27-19)10-29-36(26,33)34/h5-9,11,13,29H,10,12H2,1-4H3,(H2,26,33,34)(H,27,28,30,31). The molecular weight excluding hydrogens is 492 g/mol. The number of nitrogens with zero attached hydrogens (tertiary/aromatic N) is 4. The van der Waals surface area contributed by atoms with Crippen LogP contribution in [0.4, 0.5) is 26.2 Å². The van der Waals surface area contributed by atoms with Crippen LogP contribution in [0.1, 0.15) is 33.3 Å². The molecule has 0 fully saturated rings. The number of aromatic nitrogens is 3. The van der Waals surface area contributed by atoms with Crippen LogP contribution in [0.5, 0.6) is 5.75 Å². The Morgan fingerprint density at radius 2 is 1.92 bits per heavy atom. The van der Waals surface area contributed by atoms with Crippen molar-refractivity contribution in [3.63, 3.8) is 0 Å². The van der Waals surface area contributed by atoms with Crippen molar-refractivity contribution < 1.29 is 21.9 Å². The summed E-state index contributed by atoms with van der Waals surface area (Å²) < 4.78 is 60.0. The first-order valence-corrected chi connectivity index (χ1v) is 12.7. The van der Waals surface area contributed by atoms with Crippen molar-refractivity contribution in [2.75, 3.05) is 16.8 Å². The SMILES string of the molecule is CC(C)N1CC(C)(C)Oc2c(F)cc(-c3nc(Nc4ccc(CNS(N)(=O)=O)cn4)ncc3F)cc21. The summed E-state index contributed by atoms with van der Waals surface area (Å²) in [5.41, 5.74) is 0.656. The fraction of sp³-hybridized carbons (Fsp3) is 0.348. The minimum Gasteiger partial charge on any atom is -0.481 e. The van der Waals surface area contributed by atoms with Gasteiger partial charge >= 0.3 is 0 Å². The van der Waals surface area contributed by atoms with Crippen LogP contribution < -0.4 is 24.8 Å². The van der Waals surface area contributed by atoms with Gasteiger partial charge in [-0.2, -0.15) is 13.1 Å². The van der Waals surface area contributed by atoms with Gasteiger partial charge in [-0.05, 0) is 51.5 Å². The van der Waals surface area contributed by atoms with E-state index in [0.29, 0.717) is 23.6 Å². The Labute approximate surface area is 208 Å². The average molecular weight is 520 g/mol. The molecule has 1 aromatic carbocycles. The molecule has 0 spiro atoms. The predicted octanol–water partition coefficient (Wildman–Crippen LogP) is 3.24. The number of benzene rings is 1. The molecule has 1 aliphatic heterocycles.